The van der Waals surface area contributed by atoms with E-state index in [2.05, 4.69) is 58.5 Å². The first-order valence-corrected chi connectivity index (χ1v) is 9.98. The third kappa shape index (κ3) is 2.91. The molecular formula is C23H24N4O. The minimum atomic E-state index is -0.0665. The van der Waals surface area contributed by atoms with E-state index in [0.29, 0.717) is 6.54 Å². The first-order chi connectivity index (χ1) is 13.7. The van der Waals surface area contributed by atoms with E-state index in [1.165, 1.54) is 16.7 Å². The Morgan fingerprint density at radius 3 is 2.32 bits per heavy atom. The quantitative estimate of drug-likeness (QED) is 0.747. The van der Waals surface area contributed by atoms with E-state index in [1.807, 2.05) is 6.07 Å². The number of nitrogens with zero attached hydrogens (tertiary/aromatic N) is 3. The van der Waals surface area contributed by atoms with Gasteiger partial charge in [-0.25, -0.2) is 9.67 Å². The lowest BCUT2D eigenvalue weighted by atomic mass is 9.95. The molecule has 1 aromatic heterocycles. The second-order valence-corrected chi connectivity index (χ2v) is 7.98. The molecule has 0 aliphatic heterocycles. The molecule has 142 valence electrons. The van der Waals surface area contributed by atoms with Gasteiger partial charge < -0.3 is 5.32 Å². The summed E-state index contributed by atoms with van der Waals surface area (Å²) in [6.07, 6.45) is 4.08. The maximum Gasteiger partial charge on any atom is 0.217 e. The molecule has 5 rings (SSSR count). The van der Waals surface area contributed by atoms with Crippen molar-refractivity contribution in [3.8, 4) is 0 Å². The minimum Gasteiger partial charge on any atom is -0.349 e. The number of rotatable bonds is 5. The molecule has 1 amide bonds. The number of fused-ring (bicyclic) bond motifs is 1. The van der Waals surface area contributed by atoms with Crippen molar-refractivity contribution in [3.63, 3.8) is 0 Å². The molecule has 0 radical (unpaired) electrons. The zero-order valence-corrected chi connectivity index (χ0v) is 16.1. The fourth-order valence-corrected chi connectivity index (χ4v) is 4.41. The standard InChI is InChI=1S/C23H24N4O/c1-16(28)24-15-21-25-22(23(11-12-23)19-9-3-2-4-10-19)26-27(21)20-13-17-7-5-6-8-18(17)14-20/h2-10,20H,11-15H2,1H3,(H,24,28). The summed E-state index contributed by atoms with van der Waals surface area (Å²) in [4.78, 5) is 16.4. The molecule has 2 aliphatic carbocycles. The largest absolute Gasteiger partial charge is 0.349 e. The molecule has 2 aliphatic rings. The smallest absolute Gasteiger partial charge is 0.217 e. The van der Waals surface area contributed by atoms with Crippen molar-refractivity contribution < 1.29 is 4.79 Å². The predicted molar refractivity (Wildman–Crippen MR) is 107 cm³/mol. The molecule has 0 saturated heterocycles. The maximum atomic E-state index is 11.5. The van der Waals surface area contributed by atoms with Gasteiger partial charge in [-0.3, -0.25) is 4.79 Å². The Balaban J connectivity index is 1.51. The highest BCUT2D eigenvalue weighted by Gasteiger charge is 2.50. The molecule has 5 nitrogen and oxygen atoms in total. The fourth-order valence-electron chi connectivity index (χ4n) is 4.41. The Labute approximate surface area is 164 Å². The number of nitrogens with one attached hydrogen (secondary N) is 1. The third-order valence-electron chi connectivity index (χ3n) is 6.08. The summed E-state index contributed by atoms with van der Waals surface area (Å²) in [5, 5.41) is 7.93. The Morgan fingerprint density at radius 2 is 1.71 bits per heavy atom. The number of carbonyl (C=O) groups excluding carboxylic acids is 1. The Hall–Kier alpha value is -2.95. The highest BCUT2D eigenvalue weighted by molar-refractivity contribution is 5.72. The van der Waals surface area contributed by atoms with E-state index in [9.17, 15) is 4.79 Å². The molecule has 1 heterocycles. The van der Waals surface area contributed by atoms with Gasteiger partial charge in [-0.2, -0.15) is 5.10 Å². The Bertz CT molecular complexity index is 995. The first kappa shape index (κ1) is 17.2. The lowest BCUT2D eigenvalue weighted by Crippen LogP contribution is -2.23. The van der Waals surface area contributed by atoms with Crippen LogP contribution in [0.15, 0.2) is 54.6 Å². The van der Waals surface area contributed by atoms with Crippen LogP contribution in [0.3, 0.4) is 0 Å². The molecule has 3 aromatic rings. The second-order valence-electron chi connectivity index (χ2n) is 7.98. The molecule has 1 fully saturated rings. The van der Waals surface area contributed by atoms with E-state index in [0.717, 1.165) is 37.3 Å². The van der Waals surface area contributed by atoms with Crippen LogP contribution < -0.4 is 5.32 Å². The zero-order valence-electron chi connectivity index (χ0n) is 16.1. The van der Waals surface area contributed by atoms with Crippen LogP contribution in [0.4, 0.5) is 0 Å². The Kier molecular flexibility index (Phi) is 4.04. The van der Waals surface area contributed by atoms with Crippen LogP contribution in [0.1, 0.15) is 54.1 Å². The van der Waals surface area contributed by atoms with Crippen molar-refractivity contribution in [2.75, 3.05) is 0 Å². The van der Waals surface area contributed by atoms with Crippen LogP contribution in [0.25, 0.3) is 0 Å². The summed E-state index contributed by atoms with van der Waals surface area (Å²) in [6.45, 7) is 1.96. The molecule has 5 heteroatoms. The summed E-state index contributed by atoms with van der Waals surface area (Å²) in [5.41, 5.74) is 3.99. The van der Waals surface area contributed by atoms with Gasteiger partial charge in [0.25, 0.3) is 0 Å². The van der Waals surface area contributed by atoms with Gasteiger partial charge >= 0.3 is 0 Å². The number of aromatic nitrogens is 3. The molecule has 0 atom stereocenters. The van der Waals surface area contributed by atoms with E-state index < -0.39 is 0 Å². The molecule has 1 saturated carbocycles. The van der Waals surface area contributed by atoms with Gasteiger partial charge in [-0.1, -0.05) is 54.6 Å². The van der Waals surface area contributed by atoms with Crippen LogP contribution in [0, 0.1) is 0 Å². The highest BCUT2D eigenvalue weighted by atomic mass is 16.1. The predicted octanol–water partition coefficient (Wildman–Crippen LogP) is 3.33. The van der Waals surface area contributed by atoms with Gasteiger partial charge in [0, 0.05) is 6.92 Å². The third-order valence-corrected chi connectivity index (χ3v) is 6.08. The van der Waals surface area contributed by atoms with Crippen LogP contribution >= 0.6 is 0 Å². The molecular weight excluding hydrogens is 348 g/mol. The van der Waals surface area contributed by atoms with Gasteiger partial charge in [-0.15, -0.1) is 0 Å². The second kappa shape index (κ2) is 6.59. The molecule has 2 aromatic carbocycles. The summed E-state index contributed by atoms with van der Waals surface area (Å²) < 4.78 is 2.08. The summed E-state index contributed by atoms with van der Waals surface area (Å²) in [5.74, 6) is 1.70. The van der Waals surface area contributed by atoms with E-state index in [-0.39, 0.29) is 17.4 Å². The zero-order chi connectivity index (χ0) is 19.1. The molecule has 0 spiro atoms. The molecule has 1 N–H and O–H groups in total. The lowest BCUT2D eigenvalue weighted by Gasteiger charge is -2.14. The number of amides is 1. The number of hydrogen-bond donors (Lipinski definition) is 1. The van der Waals surface area contributed by atoms with Gasteiger partial charge in [0.1, 0.15) is 5.82 Å². The number of benzene rings is 2. The summed E-state index contributed by atoms with van der Waals surface area (Å²) in [6, 6.07) is 19.4. The van der Waals surface area contributed by atoms with Crippen LogP contribution in [-0.2, 0) is 29.6 Å². The molecule has 28 heavy (non-hydrogen) atoms. The SMILES string of the molecule is CC(=O)NCc1nc(C2(c3ccccc3)CC2)nn1C1Cc2ccccc2C1. The highest BCUT2D eigenvalue weighted by Crippen LogP contribution is 2.52. The van der Waals surface area contributed by atoms with Crippen LogP contribution in [-0.4, -0.2) is 20.7 Å². The van der Waals surface area contributed by atoms with Gasteiger partial charge in [-0.05, 0) is 42.4 Å². The fraction of sp³-hybridized carbons (Fsp3) is 0.348. The first-order valence-electron chi connectivity index (χ1n) is 9.98. The van der Waals surface area contributed by atoms with Crippen molar-refractivity contribution in [1.29, 1.82) is 0 Å². The summed E-state index contributed by atoms with van der Waals surface area (Å²) >= 11 is 0. The molecule has 0 unspecified atom stereocenters. The average molecular weight is 372 g/mol. The Morgan fingerprint density at radius 1 is 1.07 bits per heavy atom. The normalized spacial score (nSPS) is 17.3. The van der Waals surface area contributed by atoms with Gasteiger partial charge in [0.2, 0.25) is 5.91 Å². The van der Waals surface area contributed by atoms with Crippen molar-refractivity contribution in [1.82, 2.24) is 20.1 Å². The van der Waals surface area contributed by atoms with Crippen molar-refractivity contribution in [3.05, 3.63) is 82.9 Å². The van der Waals surface area contributed by atoms with E-state index >= 15 is 0 Å². The van der Waals surface area contributed by atoms with E-state index in [4.69, 9.17) is 10.1 Å². The minimum absolute atomic E-state index is 0.0463. The summed E-state index contributed by atoms with van der Waals surface area (Å²) in [7, 11) is 0. The maximum absolute atomic E-state index is 11.5. The topological polar surface area (TPSA) is 59.8 Å². The number of carbonyl (C=O) groups is 1. The monoisotopic (exact) mass is 372 g/mol. The average Bonchev–Trinajstić information content (AvgIpc) is 3.22. The lowest BCUT2D eigenvalue weighted by molar-refractivity contribution is -0.119. The van der Waals surface area contributed by atoms with Crippen LogP contribution in [0.5, 0.6) is 0 Å². The van der Waals surface area contributed by atoms with Crippen molar-refractivity contribution >= 4 is 5.91 Å². The van der Waals surface area contributed by atoms with Gasteiger partial charge in [0.15, 0.2) is 5.82 Å². The molecule has 0 bridgehead atoms. The van der Waals surface area contributed by atoms with Gasteiger partial charge in [0.05, 0.1) is 18.0 Å². The van der Waals surface area contributed by atoms with E-state index in [1.54, 1.807) is 6.92 Å². The van der Waals surface area contributed by atoms with Crippen molar-refractivity contribution in [2.45, 2.75) is 50.6 Å². The number of hydrogen-bond acceptors (Lipinski definition) is 3. The van der Waals surface area contributed by atoms with Crippen LogP contribution in [0.2, 0.25) is 0 Å². The van der Waals surface area contributed by atoms with Crippen molar-refractivity contribution in [2.24, 2.45) is 0 Å².